The van der Waals surface area contributed by atoms with Gasteiger partial charge in [-0.25, -0.2) is 0 Å². The third-order valence-corrected chi connectivity index (χ3v) is 8.37. The summed E-state index contributed by atoms with van der Waals surface area (Å²) in [6.07, 6.45) is 10.6. The van der Waals surface area contributed by atoms with Crippen molar-refractivity contribution < 1.29 is 28.8 Å². The Labute approximate surface area is 203 Å². The molecule has 1 N–H and O–H groups in total. The highest BCUT2D eigenvalue weighted by molar-refractivity contribution is 5.83. The largest absolute Gasteiger partial charge is 0.467 e. The Bertz CT molecular complexity index is 856. The lowest BCUT2D eigenvalue weighted by atomic mass is 9.48. The van der Waals surface area contributed by atoms with Crippen LogP contribution in [0.15, 0.2) is 18.2 Å². The second-order valence-corrected chi connectivity index (χ2v) is 10.9. The topological polar surface area (TPSA) is 74.2 Å². The Kier molecular flexibility index (Phi) is 8.01. The lowest BCUT2D eigenvalue weighted by Gasteiger charge is -2.57. The molecule has 1 aromatic rings. The van der Waals surface area contributed by atoms with Gasteiger partial charge in [-0.15, -0.1) is 0 Å². The number of hydrogen-bond donors (Lipinski definition) is 1. The van der Waals surface area contributed by atoms with Crippen molar-refractivity contribution in [1.82, 2.24) is 0 Å². The lowest BCUT2D eigenvalue weighted by Crippen LogP contribution is -2.46. The smallest absolute Gasteiger partial charge is 0.188 e. The number of ether oxygens (including phenoxy) is 4. The zero-order valence-corrected chi connectivity index (χ0v) is 20.9. The van der Waals surface area contributed by atoms with E-state index in [2.05, 4.69) is 6.58 Å². The molecule has 34 heavy (non-hydrogen) atoms. The summed E-state index contributed by atoms with van der Waals surface area (Å²) < 4.78 is 21.8. The van der Waals surface area contributed by atoms with Crippen molar-refractivity contribution in [2.45, 2.75) is 70.8 Å². The van der Waals surface area contributed by atoms with Gasteiger partial charge in [0.05, 0.1) is 11.7 Å². The molecule has 4 bridgehead atoms. The quantitative estimate of drug-likeness (QED) is 0.241. The van der Waals surface area contributed by atoms with Crippen molar-refractivity contribution >= 4 is 6.29 Å². The van der Waals surface area contributed by atoms with E-state index in [1.807, 2.05) is 6.92 Å². The van der Waals surface area contributed by atoms with Crippen LogP contribution in [-0.4, -0.2) is 45.3 Å². The van der Waals surface area contributed by atoms with Crippen LogP contribution in [-0.2, 0) is 15.9 Å². The average Bonchev–Trinajstić information content (AvgIpc) is 2.80. The van der Waals surface area contributed by atoms with Crippen LogP contribution in [0.25, 0.3) is 0 Å². The van der Waals surface area contributed by atoms with Crippen molar-refractivity contribution in [2.24, 2.45) is 23.2 Å². The first-order valence-electron chi connectivity index (χ1n) is 12.6. The van der Waals surface area contributed by atoms with Crippen LogP contribution in [0, 0.1) is 30.1 Å². The van der Waals surface area contributed by atoms with Crippen LogP contribution in [0.5, 0.6) is 11.5 Å². The SMILES string of the molecule is C=C(CCC12CC3CC(CC(C3)C1)C2)C(O)Cc1c(OCOC)cc(C)c(C=O)c1OCOC. The van der Waals surface area contributed by atoms with Crippen molar-refractivity contribution in [1.29, 1.82) is 0 Å². The Morgan fingerprint density at radius 2 is 1.71 bits per heavy atom. The molecule has 6 nitrogen and oxygen atoms in total. The summed E-state index contributed by atoms with van der Waals surface area (Å²) in [5, 5.41) is 11.2. The van der Waals surface area contributed by atoms with Gasteiger partial charge in [-0.2, -0.15) is 0 Å². The van der Waals surface area contributed by atoms with Gasteiger partial charge >= 0.3 is 0 Å². The Morgan fingerprint density at radius 3 is 2.26 bits per heavy atom. The van der Waals surface area contributed by atoms with E-state index in [-0.39, 0.29) is 20.0 Å². The summed E-state index contributed by atoms with van der Waals surface area (Å²) in [5.74, 6) is 3.67. The molecule has 6 heteroatoms. The molecule has 0 saturated heterocycles. The molecule has 188 valence electrons. The molecule has 1 atom stereocenters. The first kappa shape index (κ1) is 25.2. The molecular weight excluding hydrogens is 432 g/mol. The highest BCUT2D eigenvalue weighted by Crippen LogP contribution is 2.61. The molecule has 0 heterocycles. The number of benzene rings is 1. The second-order valence-electron chi connectivity index (χ2n) is 10.9. The van der Waals surface area contributed by atoms with Crippen LogP contribution >= 0.6 is 0 Å². The van der Waals surface area contributed by atoms with Gasteiger partial charge in [-0.05, 0) is 98.7 Å². The van der Waals surface area contributed by atoms with Gasteiger partial charge in [0.15, 0.2) is 19.9 Å². The molecular formula is C28H40O6. The fraction of sp³-hybridized carbons (Fsp3) is 0.679. The first-order valence-corrected chi connectivity index (χ1v) is 12.6. The Balaban J connectivity index is 1.48. The first-order chi connectivity index (χ1) is 16.4. The number of aryl methyl sites for hydroxylation is 1. The molecule has 0 radical (unpaired) electrons. The predicted molar refractivity (Wildman–Crippen MR) is 130 cm³/mol. The number of hydrogen-bond acceptors (Lipinski definition) is 6. The van der Waals surface area contributed by atoms with Crippen molar-refractivity contribution in [2.75, 3.05) is 27.8 Å². The molecule has 0 aromatic heterocycles. The summed E-state index contributed by atoms with van der Waals surface area (Å²) in [7, 11) is 3.08. The van der Waals surface area contributed by atoms with E-state index in [0.29, 0.717) is 28.0 Å². The fourth-order valence-corrected chi connectivity index (χ4v) is 7.21. The lowest BCUT2D eigenvalue weighted by molar-refractivity contribution is -0.0574. The van der Waals surface area contributed by atoms with Gasteiger partial charge in [-0.1, -0.05) is 6.58 Å². The van der Waals surface area contributed by atoms with Gasteiger partial charge in [0.1, 0.15) is 11.5 Å². The molecule has 4 saturated carbocycles. The minimum Gasteiger partial charge on any atom is -0.467 e. The summed E-state index contributed by atoms with van der Waals surface area (Å²) in [6.45, 7) is 6.13. The predicted octanol–water partition coefficient (Wildman–Crippen LogP) is 5.23. The molecule has 1 aromatic carbocycles. The third kappa shape index (κ3) is 5.34. The number of carbonyl (C=O) groups is 1. The fourth-order valence-electron chi connectivity index (χ4n) is 7.21. The van der Waals surface area contributed by atoms with Gasteiger partial charge in [0, 0.05) is 26.2 Å². The van der Waals surface area contributed by atoms with E-state index in [1.54, 1.807) is 13.2 Å². The number of aliphatic hydroxyl groups is 1. The highest BCUT2D eigenvalue weighted by Gasteiger charge is 2.50. The minimum absolute atomic E-state index is 0.00985. The maximum Gasteiger partial charge on any atom is 0.188 e. The maximum absolute atomic E-state index is 11.9. The Hall–Kier alpha value is -1.89. The van der Waals surface area contributed by atoms with Gasteiger partial charge < -0.3 is 24.1 Å². The number of carbonyl (C=O) groups excluding carboxylic acids is 1. The molecule has 5 rings (SSSR count). The van der Waals surface area contributed by atoms with Crippen LogP contribution < -0.4 is 9.47 Å². The number of aldehydes is 1. The molecule has 0 aliphatic heterocycles. The summed E-state index contributed by atoms with van der Waals surface area (Å²) in [6, 6.07) is 1.79. The zero-order chi connectivity index (χ0) is 24.3. The van der Waals surface area contributed by atoms with Gasteiger partial charge in [-0.3, -0.25) is 4.79 Å². The molecule has 0 spiro atoms. The van der Waals surface area contributed by atoms with Crippen LogP contribution in [0.2, 0.25) is 0 Å². The van der Waals surface area contributed by atoms with Gasteiger partial charge in [0.2, 0.25) is 0 Å². The highest BCUT2D eigenvalue weighted by atomic mass is 16.7. The number of methoxy groups -OCH3 is 2. The van der Waals surface area contributed by atoms with E-state index in [1.165, 1.54) is 45.6 Å². The van der Waals surface area contributed by atoms with Crippen LogP contribution in [0.4, 0.5) is 0 Å². The van der Waals surface area contributed by atoms with E-state index >= 15 is 0 Å². The van der Waals surface area contributed by atoms with Crippen molar-refractivity contribution in [3.63, 3.8) is 0 Å². The molecule has 4 aliphatic rings. The molecule has 1 unspecified atom stereocenters. The molecule has 0 amide bonds. The Morgan fingerprint density at radius 1 is 1.12 bits per heavy atom. The normalized spacial score (nSPS) is 28.1. The maximum atomic E-state index is 11.9. The monoisotopic (exact) mass is 472 g/mol. The zero-order valence-electron chi connectivity index (χ0n) is 20.9. The number of aliphatic hydroxyl groups excluding tert-OH is 1. The van der Waals surface area contributed by atoms with Crippen molar-refractivity contribution in [3.8, 4) is 11.5 Å². The van der Waals surface area contributed by atoms with Crippen LogP contribution in [0.1, 0.15) is 72.9 Å². The van der Waals surface area contributed by atoms with E-state index in [0.717, 1.165) is 48.0 Å². The number of rotatable bonds is 13. The second kappa shape index (κ2) is 10.8. The standard InChI is InChI=1S/C28H40O6/c1-18(5-6-28-12-20-8-21(13-28)10-22(9-20)14-28)25(30)11-23-26(33-16-31-3)7-19(2)24(15-29)27(23)34-17-32-4/h7,15,20-22,25,30H,1,5-6,8-14,16-17H2,2-4H3. The summed E-state index contributed by atoms with van der Waals surface area (Å²) in [5.41, 5.74) is 3.07. The van der Waals surface area contributed by atoms with E-state index in [4.69, 9.17) is 18.9 Å². The third-order valence-electron chi connectivity index (χ3n) is 8.37. The minimum atomic E-state index is -0.758. The molecule has 4 fully saturated rings. The van der Waals surface area contributed by atoms with Crippen molar-refractivity contribution in [3.05, 3.63) is 34.9 Å². The summed E-state index contributed by atoms with van der Waals surface area (Å²) >= 11 is 0. The van der Waals surface area contributed by atoms with Gasteiger partial charge in [0.25, 0.3) is 0 Å². The summed E-state index contributed by atoms with van der Waals surface area (Å²) in [4.78, 5) is 11.9. The molecule has 4 aliphatic carbocycles. The average molecular weight is 473 g/mol. The van der Waals surface area contributed by atoms with Crippen LogP contribution in [0.3, 0.4) is 0 Å². The van der Waals surface area contributed by atoms with E-state index in [9.17, 15) is 9.90 Å². The van der Waals surface area contributed by atoms with E-state index < -0.39 is 6.10 Å².